The summed E-state index contributed by atoms with van der Waals surface area (Å²) in [5, 5.41) is 0. The molecule has 0 aliphatic carbocycles. The molecule has 0 bridgehead atoms. The highest BCUT2D eigenvalue weighted by Gasteiger charge is 2.25. The first-order valence-electron chi connectivity index (χ1n) is 6.22. The van der Waals surface area contributed by atoms with Crippen molar-refractivity contribution in [3.63, 3.8) is 0 Å². The molecular formula is C14H24N2O. The molecule has 0 saturated carbocycles. The van der Waals surface area contributed by atoms with Crippen LogP contribution in [0, 0.1) is 5.92 Å². The number of allylic oxidation sites excluding steroid dienone is 4. The van der Waals surface area contributed by atoms with Crippen LogP contribution in [0.4, 0.5) is 0 Å². The van der Waals surface area contributed by atoms with Crippen molar-refractivity contribution in [1.29, 1.82) is 0 Å². The van der Waals surface area contributed by atoms with Gasteiger partial charge in [-0.15, -0.1) is 0 Å². The molecule has 0 aromatic heterocycles. The molecule has 0 N–H and O–H groups in total. The van der Waals surface area contributed by atoms with E-state index in [1.54, 1.807) is 4.90 Å². The van der Waals surface area contributed by atoms with Crippen molar-refractivity contribution in [2.45, 2.75) is 26.7 Å². The van der Waals surface area contributed by atoms with Crippen LogP contribution in [0.15, 0.2) is 23.4 Å². The summed E-state index contributed by atoms with van der Waals surface area (Å²) in [7, 11) is 5.74. The largest absolute Gasteiger partial charge is 0.377 e. The lowest BCUT2D eigenvalue weighted by Crippen LogP contribution is -2.35. The van der Waals surface area contributed by atoms with Crippen LogP contribution in [0.25, 0.3) is 0 Å². The molecule has 0 fully saturated rings. The van der Waals surface area contributed by atoms with Gasteiger partial charge in [0.05, 0.1) is 5.92 Å². The molecule has 1 rings (SSSR count). The van der Waals surface area contributed by atoms with E-state index in [2.05, 4.69) is 31.0 Å². The first-order chi connectivity index (χ1) is 7.97. The Morgan fingerprint density at radius 1 is 1.47 bits per heavy atom. The minimum absolute atomic E-state index is 0.118. The third kappa shape index (κ3) is 3.35. The van der Waals surface area contributed by atoms with Crippen molar-refractivity contribution >= 4 is 5.91 Å². The van der Waals surface area contributed by atoms with E-state index in [0.717, 1.165) is 19.4 Å². The molecule has 0 saturated heterocycles. The Labute approximate surface area is 105 Å². The fourth-order valence-electron chi connectivity index (χ4n) is 2.29. The van der Waals surface area contributed by atoms with E-state index < -0.39 is 0 Å². The molecule has 0 aromatic rings. The summed E-state index contributed by atoms with van der Waals surface area (Å²) in [5.41, 5.74) is 2.64. The summed E-state index contributed by atoms with van der Waals surface area (Å²) >= 11 is 0. The second kappa shape index (κ2) is 5.89. The number of nitrogens with zero attached hydrogens (tertiary/aromatic N) is 2. The Balaban J connectivity index is 2.83. The van der Waals surface area contributed by atoms with Crippen LogP contribution in [0.3, 0.4) is 0 Å². The van der Waals surface area contributed by atoms with Gasteiger partial charge in [0, 0.05) is 33.4 Å². The lowest BCUT2D eigenvalue weighted by atomic mass is 9.99. The molecule has 1 amide bonds. The molecule has 17 heavy (non-hydrogen) atoms. The van der Waals surface area contributed by atoms with Crippen molar-refractivity contribution in [2.75, 3.05) is 27.7 Å². The van der Waals surface area contributed by atoms with Crippen LogP contribution in [0.5, 0.6) is 0 Å². The maximum absolute atomic E-state index is 12.0. The SMILES string of the molecule is C/C=C\C1=C(C)N(C)CC(C(=O)N(C)C)CC1. The van der Waals surface area contributed by atoms with E-state index in [-0.39, 0.29) is 11.8 Å². The normalized spacial score (nSPS) is 21.9. The standard InChI is InChI=1S/C14H24N2O/c1-6-7-12-8-9-13(14(17)15(3)4)10-16(5)11(12)2/h6-7,13H,8-10H2,1-5H3/b7-6-. The number of carbonyl (C=O) groups is 1. The Bertz CT molecular complexity index is 342. The highest BCUT2D eigenvalue weighted by Crippen LogP contribution is 2.25. The third-order valence-corrected chi connectivity index (χ3v) is 3.45. The summed E-state index contributed by atoms with van der Waals surface area (Å²) in [6, 6.07) is 0. The maximum Gasteiger partial charge on any atom is 0.226 e. The number of amides is 1. The van der Waals surface area contributed by atoms with Gasteiger partial charge in [0.1, 0.15) is 0 Å². The van der Waals surface area contributed by atoms with E-state index in [4.69, 9.17) is 0 Å². The second-order valence-corrected chi connectivity index (χ2v) is 4.96. The molecule has 3 nitrogen and oxygen atoms in total. The lowest BCUT2D eigenvalue weighted by molar-refractivity contribution is -0.133. The molecule has 96 valence electrons. The van der Waals surface area contributed by atoms with Gasteiger partial charge in [0.2, 0.25) is 5.91 Å². The van der Waals surface area contributed by atoms with Crippen molar-refractivity contribution in [3.05, 3.63) is 23.4 Å². The molecule has 1 heterocycles. The predicted octanol–water partition coefficient (Wildman–Crippen LogP) is 2.27. The van der Waals surface area contributed by atoms with Crippen molar-refractivity contribution in [3.8, 4) is 0 Å². The van der Waals surface area contributed by atoms with Crippen LogP contribution in [-0.2, 0) is 4.79 Å². The number of hydrogen-bond acceptors (Lipinski definition) is 2. The van der Waals surface area contributed by atoms with Crippen molar-refractivity contribution < 1.29 is 4.79 Å². The van der Waals surface area contributed by atoms with Gasteiger partial charge >= 0.3 is 0 Å². The molecule has 3 heteroatoms. The Morgan fingerprint density at radius 2 is 2.12 bits per heavy atom. The van der Waals surface area contributed by atoms with Crippen LogP contribution < -0.4 is 0 Å². The number of rotatable bonds is 2. The van der Waals surface area contributed by atoms with Gasteiger partial charge in [-0.25, -0.2) is 0 Å². The zero-order valence-corrected chi connectivity index (χ0v) is 11.7. The molecule has 1 unspecified atom stereocenters. The van der Waals surface area contributed by atoms with E-state index in [9.17, 15) is 4.79 Å². The van der Waals surface area contributed by atoms with Gasteiger partial charge in [-0.2, -0.15) is 0 Å². The Kier molecular flexibility index (Phi) is 4.79. The lowest BCUT2D eigenvalue weighted by Gasteiger charge is -2.25. The smallest absolute Gasteiger partial charge is 0.226 e. The summed E-state index contributed by atoms with van der Waals surface area (Å²) in [5.74, 6) is 0.360. The van der Waals surface area contributed by atoms with E-state index >= 15 is 0 Å². The van der Waals surface area contributed by atoms with Crippen LogP contribution in [0.2, 0.25) is 0 Å². The van der Waals surface area contributed by atoms with E-state index in [0.29, 0.717) is 0 Å². The molecular weight excluding hydrogens is 212 g/mol. The van der Waals surface area contributed by atoms with Gasteiger partial charge in [-0.05, 0) is 32.3 Å². The molecule has 0 aromatic carbocycles. The van der Waals surface area contributed by atoms with E-state index in [1.165, 1.54) is 11.3 Å². The minimum atomic E-state index is 0.118. The fourth-order valence-corrected chi connectivity index (χ4v) is 2.29. The first-order valence-corrected chi connectivity index (χ1v) is 6.22. The molecule has 1 atom stereocenters. The van der Waals surface area contributed by atoms with Crippen LogP contribution in [0.1, 0.15) is 26.7 Å². The predicted molar refractivity (Wildman–Crippen MR) is 71.6 cm³/mol. The zero-order valence-electron chi connectivity index (χ0n) is 11.7. The monoisotopic (exact) mass is 236 g/mol. The van der Waals surface area contributed by atoms with Gasteiger partial charge in [-0.1, -0.05) is 12.2 Å². The quantitative estimate of drug-likeness (QED) is 0.734. The summed E-state index contributed by atoms with van der Waals surface area (Å²) in [4.78, 5) is 15.9. The van der Waals surface area contributed by atoms with Gasteiger partial charge in [-0.3, -0.25) is 4.79 Å². The van der Waals surface area contributed by atoms with Crippen LogP contribution in [-0.4, -0.2) is 43.4 Å². The summed E-state index contributed by atoms with van der Waals surface area (Å²) < 4.78 is 0. The third-order valence-electron chi connectivity index (χ3n) is 3.45. The average Bonchev–Trinajstić information content (AvgIpc) is 2.42. The van der Waals surface area contributed by atoms with Gasteiger partial charge in [0.25, 0.3) is 0 Å². The summed E-state index contributed by atoms with van der Waals surface area (Å²) in [6.07, 6.45) is 6.16. The van der Waals surface area contributed by atoms with Crippen molar-refractivity contribution in [1.82, 2.24) is 9.80 Å². The molecule has 0 spiro atoms. The van der Waals surface area contributed by atoms with E-state index in [1.807, 2.05) is 21.0 Å². The first kappa shape index (κ1) is 13.8. The highest BCUT2D eigenvalue weighted by molar-refractivity contribution is 5.78. The average molecular weight is 236 g/mol. The highest BCUT2D eigenvalue weighted by atomic mass is 16.2. The van der Waals surface area contributed by atoms with Gasteiger partial charge in [0.15, 0.2) is 0 Å². The molecule has 1 aliphatic rings. The fraction of sp³-hybridized carbons (Fsp3) is 0.643. The Hall–Kier alpha value is -1.25. The zero-order chi connectivity index (χ0) is 13.0. The Morgan fingerprint density at radius 3 is 2.65 bits per heavy atom. The number of carbonyl (C=O) groups excluding carboxylic acids is 1. The van der Waals surface area contributed by atoms with Crippen LogP contribution >= 0.6 is 0 Å². The van der Waals surface area contributed by atoms with Crippen molar-refractivity contribution in [2.24, 2.45) is 5.92 Å². The maximum atomic E-state index is 12.0. The number of hydrogen-bond donors (Lipinski definition) is 0. The van der Waals surface area contributed by atoms with Gasteiger partial charge < -0.3 is 9.80 Å². The summed E-state index contributed by atoms with van der Waals surface area (Å²) in [6.45, 7) is 5.00. The molecule has 1 aliphatic heterocycles. The minimum Gasteiger partial charge on any atom is -0.377 e. The topological polar surface area (TPSA) is 23.6 Å². The molecule has 0 radical (unpaired) electrons. The second-order valence-electron chi connectivity index (χ2n) is 4.96.